The number of rotatable bonds is 7. The molecule has 3 N–H and O–H groups in total. The summed E-state index contributed by atoms with van der Waals surface area (Å²) >= 11 is 0. The molecule has 2 unspecified atom stereocenters. The second-order valence-electron chi connectivity index (χ2n) is 5.06. The van der Waals surface area contributed by atoms with Crippen molar-refractivity contribution in [2.75, 3.05) is 6.54 Å². The van der Waals surface area contributed by atoms with Crippen molar-refractivity contribution in [1.29, 1.82) is 0 Å². The van der Waals surface area contributed by atoms with Crippen molar-refractivity contribution in [3.63, 3.8) is 0 Å². The number of hydrogen-bond acceptors (Lipinski definition) is 3. The summed E-state index contributed by atoms with van der Waals surface area (Å²) in [6.07, 6.45) is 6.06. The second kappa shape index (κ2) is 7.67. The van der Waals surface area contributed by atoms with Gasteiger partial charge in [-0.15, -0.1) is 0 Å². The van der Waals surface area contributed by atoms with Gasteiger partial charge in [0.1, 0.15) is 0 Å². The van der Waals surface area contributed by atoms with E-state index < -0.39 is 0 Å². The highest BCUT2D eigenvalue weighted by molar-refractivity contribution is 5.81. The minimum Gasteiger partial charge on any atom is -0.392 e. The Kier molecular flexibility index (Phi) is 6.52. The van der Waals surface area contributed by atoms with Gasteiger partial charge in [0.25, 0.3) is 0 Å². The quantitative estimate of drug-likeness (QED) is 0.628. The molecule has 17 heavy (non-hydrogen) atoms. The molecule has 0 heterocycles. The van der Waals surface area contributed by atoms with Crippen LogP contribution in [-0.2, 0) is 4.79 Å². The van der Waals surface area contributed by atoms with Gasteiger partial charge in [-0.2, -0.15) is 0 Å². The average molecular weight is 242 g/mol. The lowest BCUT2D eigenvalue weighted by molar-refractivity contribution is -0.123. The van der Waals surface area contributed by atoms with Crippen LogP contribution in [0.2, 0.25) is 0 Å². The van der Waals surface area contributed by atoms with Gasteiger partial charge in [0.05, 0.1) is 12.1 Å². The number of hydrogen-bond donors (Lipinski definition) is 3. The monoisotopic (exact) mass is 242 g/mol. The van der Waals surface area contributed by atoms with Crippen LogP contribution >= 0.6 is 0 Å². The lowest BCUT2D eigenvalue weighted by atomic mass is 10.2. The van der Waals surface area contributed by atoms with Gasteiger partial charge in [0.2, 0.25) is 5.91 Å². The fourth-order valence-corrected chi connectivity index (χ4v) is 2.24. The molecule has 0 aromatic carbocycles. The number of aliphatic hydroxyl groups excluding tert-OH is 1. The first-order chi connectivity index (χ1) is 8.13. The lowest BCUT2D eigenvalue weighted by Gasteiger charge is -2.19. The second-order valence-corrected chi connectivity index (χ2v) is 5.06. The van der Waals surface area contributed by atoms with E-state index in [2.05, 4.69) is 10.6 Å². The highest BCUT2D eigenvalue weighted by Gasteiger charge is 2.20. The van der Waals surface area contributed by atoms with Crippen LogP contribution in [0.25, 0.3) is 0 Å². The topological polar surface area (TPSA) is 61.4 Å². The zero-order valence-corrected chi connectivity index (χ0v) is 11.0. The van der Waals surface area contributed by atoms with Crippen LogP contribution in [0, 0.1) is 0 Å². The third kappa shape index (κ3) is 5.50. The van der Waals surface area contributed by atoms with Crippen molar-refractivity contribution >= 4 is 5.91 Å². The summed E-state index contributed by atoms with van der Waals surface area (Å²) in [6.45, 7) is 4.38. The predicted octanol–water partition coefficient (Wildman–Crippen LogP) is 1.18. The summed E-state index contributed by atoms with van der Waals surface area (Å²) in [4.78, 5) is 11.8. The highest BCUT2D eigenvalue weighted by atomic mass is 16.3. The van der Waals surface area contributed by atoms with Gasteiger partial charge in [-0.3, -0.25) is 4.79 Å². The summed E-state index contributed by atoms with van der Waals surface area (Å²) < 4.78 is 0. The molecule has 0 radical (unpaired) electrons. The maximum absolute atomic E-state index is 11.8. The molecule has 1 saturated carbocycles. The molecule has 100 valence electrons. The zero-order chi connectivity index (χ0) is 12.7. The van der Waals surface area contributed by atoms with E-state index in [-0.39, 0.29) is 18.1 Å². The molecule has 4 nitrogen and oxygen atoms in total. The first-order valence-electron chi connectivity index (χ1n) is 6.85. The fraction of sp³-hybridized carbons (Fsp3) is 0.923. The molecule has 1 amide bonds. The minimum atomic E-state index is -0.346. The summed E-state index contributed by atoms with van der Waals surface area (Å²) in [5.74, 6) is 0.0561. The van der Waals surface area contributed by atoms with Gasteiger partial charge in [0, 0.05) is 12.6 Å². The smallest absolute Gasteiger partial charge is 0.237 e. The van der Waals surface area contributed by atoms with Gasteiger partial charge in [0.15, 0.2) is 0 Å². The van der Waals surface area contributed by atoms with Crippen molar-refractivity contribution in [3.8, 4) is 0 Å². The number of nitrogens with one attached hydrogen (secondary N) is 2. The number of amides is 1. The molecule has 2 atom stereocenters. The van der Waals surface area contributed by atoms with Crippen molar-refractivity contribution in [2.24, 2.45) is 0 Å². The third-order valence-electron chi connectivity index (χ3n) is 3.38. The first-order valence-corrected chi connectivity index (χ1v) is 6.85. The van der Waals surface area contributed by atoms with E-state index in [9.17, 15) is 9.90 Å². The van der Waals surface area contributed by atoms with E-state index in [1.165, 1.54) is 12.8 Å². The standard InChI is InChI=1S/C13H26N2O2/c1-3-6-12(16)9-14-10(2)13(17)15-11-7-4-5-8-11/h10-12,14,16H,3-9H2,1-2H3,(H,15,17). The van der Waals surface area contributed by atoms with Gasteiger partial charge in [-0.05, 0) is 26.2 Å². The van der Waals surface area contributed by atoms with E-state index in [4.69, 9.17) is 0 Å². The average Bonchev–Trinajstić information content (AvgIpc) is 2.79. The molecule has 0 bridgehead atoms. The molecule has 0 spiro atoms. The van der Waals surface area contributed by atoms with Crippen LogP contribution < -0.4 is 10.6 Å². The molecular weight excluding hydrogens is 216 g/mol. The molecule has 1 aliphatic rings. The minimum absolute atomic E-state index is 0.0561. The molecule has 1 rings (SSSR count). The summed E-state index contributed by atoms with van der Waals surface area (Å²) in [7, 11) is 0. The third-order valence-corrected chi connectivity index (χ3v) is 3.38. The van der Waals surface area contributed by atoms with Crippen LogP contribution in [0.3, 0.4) is 0 Å². The molecular formula is C13H26N2O2. The highest BCUT2D eigenvalue weighted by Crippen LogP contribution is 2.17. The van der Waals surface area contributed by atoms with Gasteiger partial charge in [-0.25, -0.2) is 0 Å². The van der Waals surface area contributed by atoms with Gasteiger partial charge < -0.3 is 15.7 Å². The Balaban J connectivity index is 2.17. The molecule has 4 heteroatoms. The van der Waals surface area contributed by atoms with Crippen LogP contribution in [0.15, 0.2) is 0 Å². The SMILES string of the molecule is CCCC(O)CNC(C)C(=O)NC1CCCC1. The predicted molar refractivity (Wildman–Crippen MR) is 68.8 cm³/mol. The van der Waals surface area contributed by atoms with E-state index >= 15 is 0 Å². The molecule has 1 fully saturated rings. The zero-order valence-electron chi connectivity index (χ0n) is 11.0. The van der Waals surface area contributed by atoms with E-state index in [0.29, 0.717) is 12.6 Å². The van der Waals surface area contributed by atoms with Crippen LogP contribution in [-0.4, -0.2) is 35.7 Å². The largest absolute Gasteiger partial charge is 0.392 e. The molecule has 0 aromatic heterocycles. The Morgan fingerprint density at radius 2 is 2.06 bits per heavy atom. The maximum Gasteiger partial charge on any atom is 0.237 e. The Morgan fingerprint density at radius 3 is 2.65 bits per heavy atom. The van der Waals surface area contributed by atoms with Crippen LogP contribution in [0.1, 0.15) is 52.4 Å². The van der Waals surface area contributed by atoms with Crippen molar-refractivity contribution in [2.45, 2.75) is 70.6 Å². The van der Waals surface area contributed by atoms with Crippen molar-refractivity contribution < 1.29 is 9.90 Å². The van der Waals surface area contributed by atoms with Crippen LogP contribution in [0.4, 0.5) is 0 Å². The maximum atomic E-state index is 11.8. The summed E-state index contributed by atoms with van der Waals surface area (Å²) in [5.41, 5.74) is 0. The van der Waals surface area contributed by atoms with Gasteiger partial charge in [-0.1, -0.05) is 26.2 Å². The normalized spacial score (nSPS) is 20.2. The Labute approximate surface area is 104 Å². The van der Waals surface area contributed by atoms with Crippen molar-refractivity contribution in [1.82, 2.24) is 10.6 Å². The van der Waals surface area contributed by atoms with E-state index in [1.807, 2.05) is 13.8 Å². The first kappa shape index (κ1) is 14.5. The Bertz CT molecular complexity index is 227. The number of carbonyl (C=O) groups is 1. The molecule has 0 aromatic rings. The Hall–Kier alpha value is -0.610. The summed E-state index contributed by atoms with van der Waals surface area (Å²) in [5, 5.41) is 15.7. The molecule has 0 aliphatic heterocycles. The molecule has 0 saturated heterocycles. The Morgan fingerprint density at radius 1 is 1.41 bits per heavy atom. The van der Waals surface area contributed by atoms with E-state index in [1.54, 1.807) is 0 Å². The van der Waals surface area contributed by atoms with Gasteiger partial charge >= 0.3 is 0 Å². The lowest BCUT2D eigenvalue weighted by Crippen LogP contribution is -2.47. The van der Waals surface area contributed by atoms with Crippen LogP contribution in [0.5, 0.6) is 0 Å². The molecule has 1 aliphatic carbocycles. The number of aliphatic hydroxyl groups is 1. The summed E-state index contributed by atoms with van der Waals surface area (Å²) in [6, 6.07) is 0.148. The number of carbonyl (C=O) groups excluding carboxylic acids is 1. The fourth-order valence-electron chi connectivity index (χ4n) is 2.24. The van der Waals surface area contributed by atoms with E-state index in [0.717, 1.165) is 25.7 Å². The van der Waals surface area contributed by atoms with Crippen molar-refractivity contribution in [3.05, 3.63) is 0 Å².